The number of likely N-dealkylation sites (tertiary alicyclic amines) is 1. The van der Waals surface area contributed by atoms with E-state index in [1.807, 2.05) is 39.0 Å². The van der Waals surface area contributed by atoms with Gasteiger partial charge in [0.1, 0.15) is 5.60 Å². The van der Waals surface area contributed by atoms with Crippen LogP contribution in [0.15, 0.2) is 22.7 Å². The average molecular weight is 370 g/mol. The molecule has 3 N–H and O–H groups in total. The molecule has 22 heavy (non-hydrogen) atoms. The van der Waals surface area contributed by atoms with Crippen LogP contribution in [0.25, 0.3) is 0 Å². The van der Waals surface area contributed by atoms with Crippen molar-refractivity contribution in [2.45, 2.75) is 45.4 Å². The molecule has 2 rings (SSSR count). The zero-order valence-corrected chi connectivity index (χ0v) is 14.9. The molecule has 1 aromatic rings. The topological polar surface area (TPSA) is 67.6 Å². The molecule has 0 radical (unpaired) electrons. The summed E-state index contributed by atoms with van der Waals surface area (Å²) < 4.78 is 6.38. The van der Waals surface area contributed by atoms with Crippen molar-refractivity contribution in [3.8, 4) is 0 Å². The molecule has 0 saturated carbocycles. The first kappa shape index (κ1) is 17.1. The van der Waals surface area contributed by atoms with Crippen molar-refractivity contribution in [2.24, 2.45) is 0 Å². The van der Waals surface area contributed by atoms with Gasteiger partial charge in [-0.05, 0) is 44.9 Å². The van der Waals surface area contributed by atoms with Crippen molar-refractivity contribution in [3.05, 3.63) is 28.2 Å². The summed E-state index contributed by atoms with van der Waals surface area (Å²) in [6.07, 6.45) is 0.690. The average Bonchev–Trinajstić information content (AvgIpc) is 2.84. The molecule has 6 heteroatoms. The van der Waals surface area contributed by atoms with Crippen molar-refractivity contribution in [3.63, 3.8) is 0 Å². The smallest absolute Gasteiger partial charge is 0.410 e. The first-order valence-corrected chi connectivity index (χ1v) is 8.29. The monoisotopic (exact) mass is 369 g/mol. The van der Waals surface area contributed by atoms with Gasteiger partial charge in [0.15, 0.2) is 0 Å². The Kier molecular flexibility index (Phi) is 5.34. The molecule has 0 bridgehead atoms. The summed E-state index contributed by atoms with van der Waals surface area (Å²) in [6.45, 7) is 7.74. The molecule has 1 aliphatic heterocycles. The first-order chi connectivity index (χ1) is 10.2. The Morgan fingerprint density at radius 3 is 2.86 bits per heavy atom. The number of amides is 1. The largest absolute Gasteiger partial charge is 0.444 e. The Bertz CT molecular complexity index is 543. The maximum absolute atomic E-state index is 12.0. The third-order valence-electron chi connectivity index (χ3n) is 3.53. The summed E-state index contributed by atoms with van der Waals surface area (Å²) in [6, 6.07) is 6.16. The summed E-state index contributed by atoms with van der Waals surface area (Å²) in [7, 11) is 0. The standard InChI is InChI=1S/C16H24BrN3O2/c1-16(2,3)22-15(21)20-7-6-13(10-20)19-9-11-4-5-12(17)8-14(11)18/h4-5,8,13,19H,6-7,9-10,18H2,1-3H3. The number of nitrogens with zero attached hydrogens (tertiary/aromatic N) is 1. The summed E-state index contributed by atoms with van der Waals surface area (Å²) in [5, 5.41) is 3.46. The van der Waals surface area contributed by atoms with Gasteiger partial charge < -0.3 is 20.7 Å². The second-order valence-electron chi connectivity index (χ2n) is 6.64. The molecule has 1 unspecified atom stereocenters. The van der Waals surface area contributed by atoms with Crippen LogP contribution in [0.1, 0.15) is 32.8 Å². The Hall–Kier alpha value is -1.27. The summed E-state index contributed by atoms with van der Waals surface area (Å²) in [5.74, 6) is 0. The van der Waals surface area contributed by atoms with Gasteiger partial charge in [-0.3, -0.25) is 0 Å². The minimum absolute atomic E-state index is 0.236. The Balaban J connectivity index is 1.82. The van der Waals surface area contributed by atoms with E-state index in [0.29, 0.717) is 13.1 Å². The van der Waals surface area contributed by atoms with Gasteiger partial charge in [-0.25, -0.2) is 4.79 Å². The Morgan fingerprint density at radius 2 is 2.23 bits per heavy atom. The quantitative estimate of drug-likeness (QED) is 0.803. The number of carbonyl (C=O) groups is 1. The molecular weight excluding hydrogens is 346 g/mol. The second-order valence-corrected chi connectivity index (χ2v) is 7.55. The number of benzene rings is 1. The van der Waals surface area contributed by atoms with E-state index >= 15 is 0 Å². The van der Waals surface area contributed by atoms with Crippen LogP contribution in [-0.2, 0) is 11.3 Å². The van der Waals surface area contributed by atoms with Crippen LogP contribution in [0.3, 0.4) is 0 Å². The molecule has 1 aliphatic rings. The van der Waals surface area contributed by atoms with Crippen LogP contribution >= 0.6 is 15.9 Å². The molecule has 1 fully saturated rings. The highest BCUT2D eigenvalue weighted by molar-refractivity contribution is 9.10. The molecule has 5 nitrogen and oxygen atoms in total. The number of nitrogen functional groups attached to an aromatic ring is 1. The Labute approximate surface area is 140 Å². The molecule has 0 spiro atoms. The number of rotatable bonds is 3. The lowest BCUT2D eigenvalue weighted by atomic mass is 10.1. The number of halogens is 1. The summed E-state index contributed by atoms with van der Waals surface area (Å²) in [4.78, 5) is 13.8. The first-order valence-electron chi connectivity index (χ1n) is 7.50. The van der Waals surface area contributed by atoms with Gasteiger partial charge in [0.25, 0.3) is 0 Å². The zero-order chi connectivity index (χ0) is 16.3. The number of anilines is 1. The van der Waals surface area contributed by atoms with E-state index in [9.17, 15) is 4.79 Å². The number of hydrogen-bond acceptors (Lipinski definition) is 4. The summed E-state index contributed by atoms with van der Waals surface area (Å²) in [5.41, 5.74) is 7.38. The normalized spacial score (nSPS) is 18.5. The number of nitrogens with one attached hydrogen (secondary N) is 1. The predicted molar refractivity (Wildman–Crippen MR) is 91.6 cm³/mol. The molecule has 0 aliphatic carbocycles. The number of carbonyl (C=O) groups excluding carboxylic acids is 1. The van der Waals surface area contributed by atoms with Crippen molar-refractivity contribution in [1.29, 1.82) is 0 Å². The van der Waals surface area contributed by atoms with Gasteiger partial charge in [-0.1, -0.05) is 22.0 Å². The van der Waals surface area contributed by atoms with E-state index in [4.69, 9.17) is 10.5 Å². The van der Waals surface area contributed by atoms with E-state index in [1.165, 1.54) is 0 Å². The highest BCUT2D eigenvalue weighted by atomic mass is 79.9. The third kappa shape index (κ3) is 4.88. The van der Waals surface area contributed by atoms with Gasteiger partial charge in [0.2, 0.25) is 0 Å². The zero-order valence-electron chi connectivity index (χ0n) is 13.4. The third-order valence-corrected chi connectivity index (χ3v) is 4.02. The fourth-order valence-electron chi connectivity index (χ4n) is 2.40. The lowest BCUT2D eigenvalue weighted by molar-refractivity contribution is 0.0291. The van der Waals surface area contributed by atoms with Gasteiger partial charge in [0.05, 0.1) is 0 Å². The number of ether oxygens (including phenoxy) is 1. The van der Waals surface area contributed by atoms with Gasteiger partial charge in [0, 0.05) is 35.8 Å². The van der Waals surface area contributed by atoms with Crippen molar-refractivity contribution in [1.82, 2.24) is 10.2 Å². The van der Waals surface area contributed by atoms with Crippen LogP contribution in [0.5, 0.6) is 0 Å². The van der Waals surface area contributed by atoms with Gasteiger partial charge in [-0.15, -0.1) is 0 Å². The maximum Gasteiger partial charge on any atom is 0.410 e. The fourth-order valence-corrected chi connectivity index (χ4v) is 2.78. The number of nitrogens with two attached hydrogens (primary N) is 1. The fraction of sp³-hybridized carbons (Fsp3) is 0.562. The molecule has 1 atom stereocenters. The highest BCUT2D eigenvalue weighted by Gasteiger charge is 2.29. The maximum atomic E-state index is 12.0. The Morgan fingerprint density at radius 1 is 1.50 bits per heavy atom. The van der Waals surface area contributed by atoms with Crippen LogP contribution in [0, 0.1) is 0 Å². The van der Waals surface area contributed by atoms with E-state index in [1.54, 1.807) is 4.90 Å². The van der Waals surface area contributed by atoms with Crippen LogP contribution in [0.4, 0.5) is 10.5 Å². The molecule has 1 saturated heterocycles. The van der Waals surface area contributed by atoms with Crippen LogP contribution in [-0.4, -0.2) is 35.7 Å². The molecular formula is C16H24BrN3O2. The lowest BCUT2D eigenvalue weighted by Gasteiger charge is -2.24. The highest BCUT2D eigenvalue weighted by Crippen LogP contribution is 2.20. The van der Waals surface area contributed by atoms with Gasteiger partial charge >= 0.3 is 6.09 Å². The number of hydrogen-bond donors (Lipinski definition) is 2. The lowest BCUT2D eigenvalue weighted by Crippen LogP contribution is -2.38. The summed E-state index contributed by atoms with van der Waals surface area (Å²) >= 11 is 3.40. The van der Waals surface area contributed by atoms with Crippen molar-refractivity contribution < 1.29 is 9.53 Å². The van der Waals surface area contributed by atoms with Crippen molar-refractivity contribution >= 4 is 27.7 Å². The predicted octanol–water partition coefficient (Wildman–Crippen LogP) is 3.13. The molecule has 0 aromatic heterocycles. The van der Waals surface area contributed by atoms with Crippen molar-refractivity contribution in [2.75, 3.05) is 18.8 Å². The second kappa shape index (κ2) is 6.87. The van der Waals surface area contributed by atoms with E-state index < -0.39 is 5.60 Å². The minimum atomic E-state index is -0.450. The van der Waals surface area contributed by atoms with Crippen LogP contribution in [0.2, 0.25) is 0 Å². The molecule has 1 aromatic carbocycles. The SMILES string of the molecule is CC(C)(C)OC(=O)N1CCC(NCc2ccc(Br)cc2N)C1. The minimum Gasteiger partial charge on any atom is -0.444 e. The van der Waals surface area contributed by atoms with E-state index in [0.717, 1.165) is 28.7 Å². The van der Waals surface area contributed by atoms with Crippen LogP contribution < -0.4 is 11.1 Å². The molecule has 1 amide bonds. The molecule has 122 valence electrons. The van der Waals surface area contributed by atoms with Gasteiger partial charge in [-0.2, -0.15) is 0 Å². The molecule has 1 heterocycles. The van der Waals surface area contributed by atoms with E-state index in [-0.39, 0.29) is 12.1 Å². The van der Waals surface area contributed by atoms with E-state index in [2.05, 4.69) is 21.2 Å².